The number of oxazole rings is 1. The first kappa shape index (κ1) is 9.26. The number of hydrogen-bond donors (Lipinski definition) is 1. The summed E-state index contributed by atoms with van der Waals surface area (Å²) in [6.45, 7) is 6.65. The highest BCUT2D eigenvalue weighted by atomic mass is 16.4. The van der Waals surface area contributed by atoms with Crippen LogP contribution in [0.5, 0.6) is 0 Å². The molecule has 0 fully saturated rings. The Hall–Kier alpha value is -0.830. The summed E-state index contributed by atoms with van der Waals surface area (Å²) < 4.78 is 5.43. The molecule has 0 aliphatic carbocycles. The van der Waals surface area contributed by atoms with Gasteiger partial charge in [-0.1, -0.05) is 13.8 Å². The van der Waals surface area contributed by atoms with Crippen molar-refractivity contribution in [2.24, 2.45) is 11.7 Å². The Labute approximate surface area is 73.0 Å². The van der Waals surface area contributed by atoms with Gasteiger partial charge in [0.1, 0.15) is 5.76 Å². The number of nitrogens with two attached hydrogens (primary N) is 1. The number of rotatable bonds is 3. The highest BCUT2D eigenvalue weighted by Crippen LogP contribution is 2.12. The van der Waals surface area contributed by atoms with Crippen molar-refractivity contribution in [3.05, 3.63) is 17.3 Å². The zero-order chi connectivity index (χ0) is 9.14. The molecule has 12 heavy (non-hydrogen) atoms. The lowest BCUT2D eigenvalue weighted by molar-refractivity contribution is 0.440. The topological polar surface area (TPSA) is 52.0 Å². The van der Waals surface area contributed by atoms with Gasteiger partial charge in [0.25, 0.3) is 0 Å². The fourth-order valence-corrected chi connectivity index (χ4v) is 1.11. The van der Waals surface area contributed by atoms with Crippen LogP contribution in [-0.2, 0) is 13.0 Å². The molecule has 0 saturated carbocycles. The van der Waals surface area contributed by atoms with Gasteiger partial charge in [0.15, 0.2) is 5.89 Å². The van der Waals surface area contributed by atoms with Crippen LogP contribution < -0.4 is 5.73 Å². The summed E-state index contributed by atoms with van der Waals surface area (Å²) in [6.07, 6.45) is 0.890. The molecule has 1 aromatic rings. The Kier molecular flexibility index (Phi) is 2.87. The molecule has 0 atom stereocenters. The smallest absolute Gasteiger partial charge is 0.194 e. The third-order valence-electron chi connectivity index (χ3n) is 1.71. The zero-order valence-electron chi connectivity index (χ0n) is 7.92. The molecular formula is C9H16N2O. The van der Waals surface area contributed by atoms with Crippen LogP contribution in [0, 0.1) is 12.8 Å². The van der Waals surface area contributed by atoms with Crippen molar-refractivity contribution < 1.29 is 4.42 Å². The molecule has 1 heterocycles. The average molecular weight is 168 g/mol. The maximum atomic E-state index is 5.47. The Morgan fingerprint density at radius 3 is 2.58 bits per heavy atom. The molecule has 68 valence electrons. The molecule has 0 saturated heterocycles. The Bertz CT molecular complexity index is 253. The van der Waals surface area contributed by atoms with Gasteiger partial charge in [0, 0.05) is 13.0 Å². The molecule has 3 heteroatoms. The summed E-state index contributed by atoms with van der Waals surface area (Å²) in [4.78, 5) is 4.28. The third kappa shape index (κ3) is 2.08. The van der Waals surface area contributed by atoms with Gasteiger partial charge in [-0.2, -0.15) is 0 Å². The lowest BCUT2D eigenvalue weighted by Crippen LogP contribution is -1.99. The van der Waals surface area contributed by atoms with E-state index >= 15 is 0 Å². The number of aromatic nitrogens is 1. The zero-order valence-corrected chi connectivity index (χ0v) is 7.92. The van der Waals surface area contributed by atoms with E-state index in [0.29, 0.717) is 12.5 Å². The van der Waals surface area contributed by atoms with Crippen LogP contribution in [0.25, 0.3) is 0 Å². The molecule has 1 aromatic heterocycles. The second-order valence-corrected chi connectivity index (χ2v) is 3.41. The largest absolute Gasteiger partial charge is 0.446 e. The lowest BCUT2D eigenvalue weighted by Gasteiger charge is -1.97. The maximum Gasteiger partial charge on any atom is 0.194 e. The molecule has 0 amide bonds. The van der Waals surface area contributed by atoms with Gasteiger partial charge < -0.3 is 10.2 Å². The molecule has 0 aromatic carbocycles. The maximum absolute atomic E-state index is 5.47. The second-order valence-electron chi connectivity index (χ2n) is 3.41. The molecule has 3 nitrogen and oxygen atoms in total. The Balaban J connectivity index is 2.75. The van der Waals surface area contributed by atoms with E-state index in [2.05, 4.69) is 18.8 Å². The molecule has 2 N–H and O–H groups in total. The summed E-state index contributed by atoms with van der Waals surface area (Å²) in [6, 6.07) is 0. The molecule has 0 spiro atoms. The van der Waals surface area contributed by atoms with Crippen molar-refractivity contribution >= 4 is 0 Å². The standard InChI is InChI=1S/C9H16N2O/c1-6(2)4-9-11-8(5-10)7(3)12-9/h6H,4-5,10H2,1-3H3. The number of hydrogen-bond acceptors (Lipinski definition) is 3. The van der Waals surface area contributed by atoms with Gasteiger partial charge >= 0.3 is 0 Å². The van der Waals surface area contributed by atoms with E-state index in [4.69, 9.17) is 10.2 Å². The molecule has 0 aliphatic rings. The Morgan fingerprint density at radius 2 is 2.17 bits per heavy atom. The van der Waals surface area contributed by atoms with E-state index in [0.717, 1.165) is 23.8 Å². The van der Waals surface area contributed by atoms with Crippen LogP contribution in [0.3, 0.4) is 0 Å². The van der Waals surface area contributed by atoms with Crippen LogP contribution in [0.1, 0.15) is 31.2 Å². The molecular weight excluding hydrogens is 152 g/mol. The minimum Gasteiger partial charge on any atom is -0.446 e. The summed E-state index contributed by atoms with van der Waals surface area (Å²) in [5, 5.41) is 0. The predicted molar refractivity (Wildman–Crippen MR) is 47.7 cm³/mol. The van der Waals surface area contributed by atoms with Crippen LogP contribution in [0.4, 0.5) is 0 Å². The Morgan fingerprint density at radius 1 is 1.50 bits per heavy atom. The minimum absolute atomic E-state index is 0.466. The van der Waals surface area contributed by atoms with E-state index in [1.165, 1.54) is 0 Å². The highest BCUT2D eigenvalue weighted by Gasteiger charge is 2.08. The number of nitrogens with zero attached hydrogens (tertiary/aromatic N) is 1. The summed E-state index contributed by atoms with van der Waals surface area (Å²) in [5.41, 5.74) is 6.35. The van der Waals surface area contributed by atoms with Crippen LogP contribution >= 0.6 is 0 Å². The van der Waals surface area contributed by atoms with Crippen molar-refractivity contribution in [1.29, 1.82) is 0 Å². The van der Waals surface area contributed by atoms with Crippen molar-refractivity contribution in [2.45, 2.75) is 33.7 Å². The van der Waals surface area contributed by atoms with Gasteiger partial charge in [-0.3, -0.25) is 0 Å². The van der Waals surface area contributed by atoms with E-state index in [1.807, 2.05) is 6.92 Å². The normalized spacial score (nSPS) is 11.1. The van der Waals surface area contributed by atoms with E-state index in [-0.39, 0.29) is 0 Å². The van der Waals surface area contributed by atoms with Crippen LogP contribution in [-0.4, -0.2) is 4.98 Å². The minimum atomic E-state index is 0.466. The monoisotopic (exact) mass is 168 g/mol. The van der Waals surface area contributed by atoms with Gasteiger partial charge in [0.05, 0.1) is 5.69 Å². The second kappa shape index (κ2) is 3.72. The summed E-state index contributed by atoms with van der Waals surface area (Å²) in [5.74, 6) is 2.24. The van der Waals surface area contributed by atoms with Crippen LogP contribution in [0.2, 0.25) is 0 Å². The fraction of sp³-hybridized carbons (Fsp3) is 0.667. The third-order valence-corrected chi connectivity index (χ3v) is 1.71. The van der Waals surface area contributed by atoms with E-state index in [9.17, 15) is 0 Å². The first-order valence-corrected chi connectivity index (χ1v) is 4.28. The van der Waals surface area contributed by atoms with Gasteiger partial charge in [-0.15, -0.1) is 0 Å². The SMILES string of the molecule is Cc1oc(CC(C)C)nc1CN. The molecule has 0 aliphatic heterocycles. The molecule has 0 radical (unpaired) electrons. The highest BCUT2D eigenvalue weighted by molar-refractivity contribution is 5.07. The van der Waals surface area contributed by atoms with Crippen molar-refractivity contribution in [1.82, 2.24) is 4.98 Å². The van der Waals surface area contributed by atoms with Gasteiger partial charge in [-0.05, 0) is 12.8 Å². The van der Waals surface area contributed by atoms with Crippen molar-refractivity contribution in [2.75, 3.05) is 0 Å². The summed E-state index contributed by atoms with van der Waals surface area (Å²) >= 11 is 0. The van der Waals surface area contributed by atoms with Gasteiger partial charge in [0.2, 0.25) is 0 Å². The van der Waals surface area contributed by atoms with Crippen molar-refractivity contribution in [3.8, 4) is 0 Å². The van der Waals surface area contributed by atoms with Gasteiger partial charge in [-0.25, -0.2) is 4.98 Å². The summed E-state index contributed by atoms with van der Waals surface area (Å²) in [7, 11) is 0. The van der Waals surface area contributed by atoms with E-state index < -0.39 is 0 Å². The van der Waals surface area contributed by atoms with E-state index in [1.54, 1.807) is 0 Å². The number of aryl methyl sites for hydroxylation is 1. The lowest BCUT2D eigenvalue weighted by atomic mass is 10.1. The predicted octanol–water partition coefficient (Wildman–Crippen LogP) is 1.64. The first-order valence-electron chi connectivity index (χ1n) is 4.28. The quantitative estimate of drug-likeness (QED) is 0.746. The van der Waals surface area contributed by atoms with Crippen LogP contribution in [0.15, 0.2) is 4.42 Å². The molecule has 1 rings (SSSR count). The van der Waals surface area contributed by atoms with Crippen molar-refractivity contribution in [3.63, 3.8) is 0 Å². The fourth-order valence-electron chi connectivity index (χ4n) is 1.11. The first-order chi connectivity index (χ1) is 5.63. The average Bonchev–Trinajstić information content (AvgIpc) is 2.29. The molecule has 0 unspecified atom stereocenters. The molecule has 0 bridgehead atoms.